The number of thioether (sulfide) groups is 1. The van der Waals surface area contributed by atoms with Crippen molar-refractivity contribution in [3.8, 4) is 0 Å². The highest BCUT2D eigenvalue weighted by atomic mass is 32.2. The van der Waals surface area contributed by atoms with Crippen LogP contribution in [0.5, 0.6) is 0 Å². The van der Waals surface area contributed by atoms with Crippen molar-refractivity contribution in [3.05, 3.63) is 81.5 Å². The van der Waals surface area contributed by atoms with E-state index >= 15 is 0 Å². The summed E-state index contributed by atoms with van der Waals surface area (Å²) >= 11 is 3.49. The lowest BCUT2D eigenvalue weighted by Crippen LogP contribution is -2.35. The largest absolute Gasteiger partial charge is 0.495 e. The number of ketones is 1. The Hall–Kier alpha value is -2.83. The molecule has 1 aliphatic carbocycles. The molecule has 2 aliphatic rings. The third-order valence-corrected chi connectivity index (χ3v) is 9.69. The van der Waals surface area contributed by atoms with Gasteiger partial charge in [-0.1, -0.05) is 93.3 Å². The molecule has 0 spiro atoms. The molecule has 1 aliphatic heterocycles. The molecule has 1 aromatic heterocycles. The summed E-state index contributed by atoms with van der Waals surface area (Å²) < 4.78 is 9.45. The Labute approximate surface area is 241 Å². The summed E-state index contributed by atoms with van der Waals surface area (Å²) in [4.78, 5) is 17.2. The SMILES string of the molecule is CCCCCCN1/C(=C/C2=C(OC)C(=C\c3sc4ccccc4[n+]3CCCCCC)/C2=O)Sc2ccccc21. The smallest absolute Gasteiger partial charge is 0.263 e. The number of nitrogens with zero attached hydrogens (tertiary/aromatic N) is 2. The van der Waals surface area contributed by atoms with Crippen LogP contribution in [0.2, 0.25) is 0 Å². The van der Waals surface area contributed by atoms with Crippen LogP contribution in [0.1, 0.15) is 70.2 Å². The summed E-state index contributed by atoms with van der Waals surface area (Å²) in [6.07, 6.45) is 13.8. The molecule has 6 heteroatoms. The average Bonchev–Trinajstić information content (AvgIpc) is 3.49. The number of aryl methyl sites for hydroxylation is 1. The van der Waals surface area contributed by atoms with E-state index < -0.39 is 0 Å². The van der Waals surface area contributed by atoms with Crippen LogP contribution in [0, 0.1) is 0 Å². The molecule has 0 saturated carbocycles. The Morgan fingerprint density at radius 2 is 1.64 bits per heavy atom. The lowest BCUT2D eigenvalue weighted by molar-refractivity contribution is -0.669. The van der Waals surface area contributed by atoms with Crippen molar-refractivity contribution in [2.75, 3.05) is 18.6 Å². The number of carbonyl (C=O) groups is 1. The van der Waals surface area contributed by atoms with Gasteiger partial charge in [0.15, 0.2) is 6.54 Å². The van der Waals surface area contributed by atoms with E-state index in [-0.39, 0.29) is 5.78 Å². The number of unbranched alkanes of at least 4 members (excludes halogenated alkanes) is 6. The van der Waals surface area contributed by atoms with Crippen molar-refractivity contribution in [1.82, 2.24) is 0 Å². The number of aromatic nitrogens is 1. The van der Waals surface area contributed by atoms with E-state index in [4.69, 9.17) is 4.74 Å². The second-order valence-electron chi connectivity index (χ2n) is 10.2. The molecule has 0 saturated heterocycles. The van der Waals surface area contributed by atoms with Crippen LogP contribution in [0.15, 0.2) is 81.4 Å². The van der Waals surface area contributed by atoms with Crippen LogP contribution in [0.4, 0.5) is 5.69 Å². The fraction of sp³-hybridized carbons (Fsp3) is 0.394. The fourth-order valence-corrected chi connectivity index (χ4v) is 7.60. The number of ether oxygens (including phenoxy) is 1. The molecule has 0 atom stereocenters. The number of fused-ring (bicyclic) bond motifs is 2. The third-order valence-electron chi connectivity index (χ3n) is 7.46. The zero-order chi connectivity index (χ0) is 27.2. The molecule has 0 fully saturated rings. The van der Waals surface area contributed by atoms with E-state index in [0.29, 0.717) is 16.9 Å². The van der Waals surface area contributed by atoms with Crippen LogP contribution in [0.3, 0.4) is 0 Å². The monoisotopic (exact) mass is 559 g/mol. The van der Waals surface area contributed by atoms with Crippen molar-refractivity contribution < 1.29 is 14.1 Å². The van der Waals surface area contributed by atoms with Crippen LogP contribution >= 0.6 is 23.1 Å². The molecule has 204 valence electrons. The lowest BCUT2D eigenvalue weighted by atomic mass is 9.87. The molecule has 5 rings (SSSR count). The molecular formula is C33H39N2O2S2+. The summed E-state index contributed by atoms with van der Waals surface area (Å²) in [7, 11) is 1.68. The van der Waals surface area contributed by atoms with Crippen LogP contribution in [-0.2, 0) is 16.1 Å². The van der Waals surface area contributed by atoms with E-state index in [9.17, 15) is 4.79 Å². The maximum Gasteiger partial charge on any atom is 0.263 e. The first-order valence-electron chi connectivity index (χ1n) is 14.4. The number of rotatable bonds is 13. The minimum Gasteiger partial charge on any atom is -0.495 e. The Balaban J connectivity index is 1.45. The first-order chi connectivity index (χ1) is 19.2. The van der Waals surface area contributed by atoms with E-state index in [1.54, 1.807) is 30.2 Å². The molecular weight excluding hydrogens is 521 g/mol. The Bertz CT molecular complexity index is 1430. The first-order valence-corrected chi connectivity index (χ1v) is 16.0. The summed E-state index contributed by atoms with van der Waals surface area (Å²) in [5, 5.41) is 2.22. The molecule has 0 bridgehead atoms. The zero-order valence-electron chi connectivity index (χ0n) is 23.4. The van der Waals surface area contributed by atoms with Crippen molar-refractivity contribution in [1.29, 1.82) is 0 Å². The van der Waals surface area contributed by atoms with Crippen LogP contribution < -0.4 is 9.47 Å². The highest BCUT2D eigenvalue weighted by Gasteiger charge is 2.37. The average molecular weight is 560 g/mol. The standard InChI is InChI=1S/C33H39N2O2S2/c1-4-6-8-14-20-34-26-16-10-12-18-28(26)38-30(34)22-24-32(36)25(33(24)37-3)23-31-35(21-15-9-7-5-2)27-17-11-13-19-29(27)39-31/h10-13,16-19,22-23H,4-9,14-15,20-21H2,1-3H3/q+1. The summed E-state index contributed by atoms with van der Waals surface area (Å²) in [6.45, 7) is 6.40. The van der Waals surface area contributed by atoms with Crippen molar-refractivity contribution in [3.63, 3.8) is 0 Å². The van der Waals surface area contributed by atoms with Gasteiger partial charge in [-0.25, -0.2) is 0 Å². The molecule has 0 unspecified atom stereocenters. The quantitative estimate of drug-likeness (QED) is 0.119. The molecule has 0 N–H and O–H groups in total. The Kier molecular flexibility index (Phi) is 9.25. The molecule has 0 amide bonds. The number of thiazole rings is 1. The van der Waals surface area contributed by atoms with Gasteiger partial charge in [-0.15, -0.1) is 0 Å². The first kappa shape index (κ1) is 27.7. The zero-order valence-corrected chi connectivity index (χ0v) is 25.0. The number of para-hydroxylation sites is 2. The fourth-order valence-electron chi connectivity index (χ4n) is 5.34. The molecule has 2 heterocycles. The number of carbonyl (C=O) groups excluding carboxylic acids is 1. The van der Waals surface area contributed by atoms with Gasteiger partial charge in [0.05, 0.1) is 29.0 Å². The van der Waals surface area contributed by atoms with Crippen molar-refractivity contribution >= 4 is 50.9 Å². The van der Waals surface area contributed by atoms with Gasteiger partial charge in [0.1, 0.15) is 10.5 Å². The van der Waals surface area contributed by atoms with Gasteiger partial charge >= 0.3 is 0 Å². The molecule has 39 heavy (non-hydrogen) atoms. The molecule has 0 radical (unpaired) electrons. The van der Waals surface area contributed by atoms with Gasteiger partial charge in [0, 0.05) is 30.0 Å². The predicted octanol–water partition coefficient (Wildman–Crippen LogP) is 8.67. The minimum absolute atomic E-state index is 0.0665. The normalized spacial score (nSPS) is 17.0. The second kappa shape index (κ2) is 13.0. The number of hydrogen-bond acceptors (Lipinski definition) is 5. The molecule has 4 nitrogen and oxygen atoms in total. The van der Waals surface area contributed by atoms with Gasteiger partial charge in [0.25, 0.3) is 5.01 Å². The second-order valence-corrected chi connectivity index (χ2v) is 12.3. The van der Waals surface area contributed by atoms with Gasteiger partial charge < -0.3 is 9.64 Å². The number of benzene rings is 2. The van der Waals surface area contributed by atoms with E-state index in [2.05, 4.69) is 71.8 Å². The number of methoxy groups -OCH3 is 1. The minimum atomic E-state index is 0.0665. The number of anilines is 1. The van der Waals surface area contributed by atoms with E-state index in [1.807, 2.05) is 12.2 Å². The van der Waals surface area contributed by atoms with Gasteiger partial charge in [0.2, 0.25) is 11.3 Å². The van der Waals surface area contributed by atoms with E-state index in [1.165, 1.54) is 59.3 Å². The maximum atomic E-state index is 13.5. The predicted molar refractivity (Wildman–Crippen MR) is 165 cm³/mol. The number of hydrogen-bond donors (Lipinski definition) is 0. The van der Waals surface area contributed by atoms with Crippen LogP contribution in [0.25, 0.3) is 16.3 Å². The van der Waals surface area contributed by atoms with Gasteiger partial charge in [-0.2, -0.15) is 4.57 Å². The summed E-state index contributed by atoms with van der Waals surface area (Å²) in [5.41, 5.74) is 3.82. The number of allylic oxidation sites excluding steroid dienone is 3. The van der Waals surface area contributed by atoms with Crippen molar-refractivity contribution in [2.24, 2.45) is 0 Å². The van der Waals surface area contributed by atoms with E-state index in [0.717, 1.165) is 36.0 Å². The maximum absolute atomic E-state index is 13.5. The third kappa shape index (κ3) is 5.87. The topological polar surface area (TPSA) is 33.4 Å². The van der Waals surface area contributed by atoms with Crippen LogP contribution in [-0.4, -0.2) is 19.4 Å². The highest BCUT2D eigenvalue weighted by molar-refractivity contribution is 8.03. The van der Waals surface area contributed by atoms with Gasteiger partial charge in [-0.3, -0.25) is 4.79 Å². The Morgan fingerprint density at radius 3 is 2.44 bits per heavy atom. The number of Topliss-reactive ketones (excluding diaryl/α,β-unsaturated/α-hetero) is 1. The van der Waals surface area contributed by atoms with Gasteiger partial charge in [-0.05, 0) is 37.1 Å². The summed E-state index contributed by atoms with van der Waals surface area (Å²) in [6, 6.07) is 17.1. The Morgan fingerprint density at radius 1 is 0.897 bits per heavy atom. The highest BCUT2D eigenvalue weighted by Crippen LogP contribution is 2.47. The molecule has 3 aromatic rings. The summed E-state index contributed by atoms with van der Waals surface area (Å²) in [5.74, 6) is 0.766. The lowest BCUT2D eigenvalue weighted by Gasteiger charge is -2.25. The molecule has 2 aromatic carbocycles. The van der Waals surface area contributed by atoms with Crippen molar-refractivity contribution in [2.45, 2.75) is 76.7 Å².